The highest BCUT2D eigenvalue weighted by Gasteiger charge is 2.27. The van der Waals surface area contributed by atoms with Crippen molar-refractivity contribution in [1.82, 2.24) is 0 Å². The van der Waals surface area contributed by atoms with Gasteiger partial charge in [-0.15, -0.1) is 0 Å². The van der Waals surface area contributed by atoms with Gasteiger partial charge < -0.3 is 10.0 Å². The molecule has 1 heterocycles. The van der Waals surface area contributed by atoms with Gasteiger partial charge in [-0.1, -0.05) is 17.7 Å². The maximum Gasteiger partial charge on any atom is 0.337 e. The molecule has 0 aromatic heterocycles. The predicted molar refractivity (Wildman–Crippen MR) is 60.0 cm³/mol. The summed E-state index contributed by atoms with van der Waals surface area (Å²) in [6, 6.07) is 4.61. The van der Waals surface area contributed by atoms with Crippen LogP contribution in [0, 0.1) is 0 Å². The van der Waals surface area contributed by atoms with Crippen LogP contribution >= 0.6 is 11.6 Å². The van der Waals surface area contributed by atoms with Crippen LogP contribution in [0.1, 0.15) is 23.2 Å². The fraction of sp³-hybridized carbons (Fsp3) is 0.273. The molecule has 1 amide bonds. The Hall–Kier alpha value is -1.55. The molecule has 1 aliphatic heterocycles. The first-order valence-electron chi connectivity index (χ1n) is 4.93. The molecule has 1 aliphatic rings. The third-order valence-corrected chi connectivity index (χ3v) is 2.87. The average Bonchev–Trinajstić information content (AvgIpc) is 2.64. The number of carboxylic acids is 1. The number of anilines is 1. The van der Waals surface area contributed by atoms with Crippen molar-refractivity contribution in [2.24, 2.45) is 0 Å². The highest BCUT2D eigenvalue weighted by atomic mass is 35.5. The Bertz CT molecular complexity index is 459. The minimum atomic E-state index is -1.07. The highest BCUT2D eigenvalue weighted by Crippen LogP contribution is 2.32. The van der Waals surface area contributed by atoms with E-state index >= 15 is 0 Å². The van der Waals surface area contributed by atoms with Crippen molar-refractivity contribution in [3.05, 3.63) is 28.8 Å². The number of carbonyl (C=O) groups excluding carboxylic acids is 1. The van der Waals surface area contributed by atoms with Crippen LogP contribution in [0.3, 0.4) is 0 Å². The van der Waals surface area contributed by atoms with E-state index in [4.69, 9.17) is 16.7 Å². The molecule has 0 spiro atoms. The second-order valence-corrected chi connectivity index (χ2v) is 4.00. The maximum absolute atomic E-state index is 11.6. The molecule has 4 nitrogen and oxygen atoms in total. The minimum Gasteiger partial charge on any atom is -0.478 e. The molecule has 0 bridgehead atoms. The summed E-state index contributed by atoms with van der Waals surface area (Å²) < 4.78 is 0. The van der Waals surface area contributed by atoms with Gasteiger partial charge in [-0.05, 0) is 18.6 Å². The summed E-state index contributed by atoms with van der Waals surface area (Å²) in [5, 5.41) is 9.34. The van der Waals surface area contributed by atoms with E-state index in [1.165, 1.54) is 11.0 Å². The molecule has 16 heavy (non-hydrogen) atoms. The van der Waals surface area contributed by atoms with E-state index in [0.717, 1.165) is 6.42 Å². The molecule has 1 N–H and O–H groups in total. The fourth-order valence-corrected chi connectivity index (χ4v) is 2.12. The van der Waals surface area contributed by atoms with Gasteiger partial charge in [0.2, 0.25) is 5.91 Å². The number of carboxylic acid groups (broad SMARTS) is 1. The summed E-state index contributed by atoms with van der Waals surface area (Å²) in [7, 11) is 0. The van der Waals surface area contributed by atoms with E-state index < -0.39 is 5.97 Å². The Morgan fingerprint density at radius 3 is 2.75 bits per heavy atom. The van der Waals surface area contributed by atoms with E-state index in [9.17, 15) is 9.59 Å². The molecule has 2 rings (SSSR count). The van der Waals surface area contributed by atoms with Crippen molar-refractivity contribution < 1.29 is 14.7 Å². The van der Waals surface area contributed by atoms with Gasteiger partial charge in [-0.2, -0.15) is 0 Å². The smallest absolute Gasteiger partial charge is 0.337 e. The number of para-hydroxylation sites is 1. The van der Waals surface area contributed by atoms with Crippen molar-refractivity contribution in [1.29, 1.82) is 0 Å². The molecule has 5 heteroatoms. The fourth-order valence-electron chi connectivity index (χ4n) is 1.85. The molecule has 0 unspecified atom stereocenters. The zero-order valence-electron chi connectivity index (χ0n) is 8.44. The van der Waals surface area contributed by atoms with Gasteiger partial charge in [0.1, 0.15) is 0 Å². The molecule has 1 aromatic rings. The molecule has 0 atom stereocenters. The van der Waals surface area contributed by atoms with Crippen LogP contribution in [0.2, 0.25) is 5.02 Å². The molecule has 0 aliphatic carbocycles. The number of aromatic carboxylic acids is 1. The van der Waals surface area contributed by atoms with Gasteiger partial charge in [0.25, 0.3) is 0 Å². The maximum atomic E-state index is 11.6. The summed E-state index contributed by atoms with van der Waals surface area (Å²) in [5.74, 6) is -1.15. The number of amides is 1. The first kappa shape index (κ1) is 11.0. The standard InChI is InChI=1S/C11H10ClNO3/c12-8-4-1-3-7(11(15)16)10(8)13-6-2-5-9(13)14/h1,3-4H,2,5-6H2,(H,15,16). The van der Waals surface area contributed by atoms with Crippen LogP contribution in [0.5, 0.6) is 0 Å². The van der Waals surface area contributed by atoms with Gasteiger partial charge in [0.15, 0.2) is 0 Å². The average molecular weight is 240 g/mol. The summed E-state index contributed by atoms with van der Waals surface area (Å²) in [6.07, 6.45) is 1.19. The molecular formula is C11H10ClNO3. The van der Waals surface area contributed by atoms with Gasteiger partial charge in [-0.25, -0.2) is 4.79 Å². The SMILES string of the molecule is O=C(O)c1cccc(Cl)c1N1CCCC1=O. The van der Waals surface area contributed by atoms with Crippen molar-refractivity contribution in [2.75, 3.05) is 11.4 Å². The molecule has 1 saturated heterocycles. The largest absolute Gasteiger partial charge is 0.478 e. The van der Waals surface area contributed by atoms with Crippen molar-refractivity contribution in [3.8, 4) is 0 Å². The first-order valence-corrected chi connectivity index (χ1v) is 5.31. The van der Waals surface area contributed by atoms with E-state index in [-0.39, 0.29) is 11.5 Å². The van der Waals surface area contributed by atoms with E-state index in [1.54, 1.807) is 12.1 Å². The second kappa shape index (κ2) is 4.14. The Labute approximate surface area is 97.4 Å². The zero-order chi connectivity index (χ0) is 11.7. The van der Waals surface area contributed by atoms with Gasteiger partial charge >= 0.3 is 5.97 Å². The summed E-state index contributed by atoms with van der Waals surface area (Å²) in [6.45, 7) is 0.531. The zero-order valence-corrected chi connectivity index (χ0v) is 9.20. The van der Waals surface area contributed by atoms with Crippen LogP contribution in [0.4, 0.5) is 5.69 Å². The Morgan fingerprint density at radius 2 is 2.19 bits per heavy atom. The van der Waals surface area contributed by atoms with Crippen molar-refractivity contribution in [3.63, 3.8) is 0 Å². The number of carbonyl (C=O) groups is 2. The summed E-state index contributed by atoms with van der Waals surface area (Å²) in [4.78, 5) is 24.1. The lowest BCUT2D eigenvalue weighted by Gasteiger charge is -2.19. The van der Waals surface area contributed by atoms with Gasteiger partial charge in [0.05, 0.1) is 16.3 Å². The Balaban J connectivity index is 2.53. The van der Waals surface area contributed by atoms with Crippen LogP contribution in [-0.4, -0.2) is 23.5 Å². The molecule has 0 radical (unpaired) electrons. The molecule has 0 saturated carbocycles. The Kier molecular flexibility index (Phi) is 2.83. The summed E-state index contributed by atoms with van der Waals surface area (Å²) in [5.41, 5.74) is 0.391. The van der Waals surface area contributed by atoms with E-state index in [0.29, 0.717) is 23.7 Å². The second-order valence-electron chi connectivity index (χ2n) is 3.59. The van der Waals surface area contributed by atoms with Crippen LogP contribution < -0.4 is 4.90 Å². The molecule has 84 valence electrons. The van der Waals surface area contributed by atoms with E-state index in [2.05, 4.69) is 0 Å². The quantitative estimate of drug-likeness (QED) is 0.861. The van der Waals surface area contributed by atoms with Gasteiger partial charge in [-0.3, -0.25) is 4.79 Å². The molecule has 1 aromatic carbocycles. The monoisotopic (exact) mass is 239 g/mol. The van der Waals surface area contributed by atoms with E-state index in [1.807, 2.05) is 0 Å². The normalized spacial score (nSPS) is 15.6. The predicted octanol–water partition coefficient (Wildman–Crippen LogP) is 2.17. The number of benzene rings is 1. The molecular weight excluding hydrogens is 230 g/mol. The van der Waals surface area contributed by atoms with Crippen LogP contribution in [0.15, 0.2) is 18.2 Å². The number of hydrogen-bond acceptors (Lipinski definition) is 2. The number of hydrogen-bond donors (Lipinski definition) is 1. The number of rotatable bonds is 2. The van der Waals surface area contributed by atoms with Crippen molar-refractivity contribution >= 4 is 29.2 Å². The summed E-state index contributed by atoms with van der Waals surface area (Å²) >= 11 is 5.96. The molecule has 1 fully saturated rings. The van der Waals surface area contributed by atoms with Gasteiger partial charge in [0, 0.05) is 13.0 Å². The lowest BCUT2D eigenvalue weighted by atomic mass is 10.1. The highest BCUT2D eigenvalue weighted by molar-refractivity contribution is 6.34. The third-order valence-electron chi connectivity index (χ3n) is 2.56. The van der Waals surface area contributed by atoms with Crippen molar-refractivity contribution in [2.45, 2.75) is 12.8 Å². The van der Waals surface area contributed by atoms with Crippen LogP contribution in [-0.2, 0) is 4.79 Å². The third kappa shape index (κ3) is 1.76. The lowest BCUT2D eigenvalue weighted by molar-refractivity contribution is -0.117. The van der Waals surface area contributed by atoms with Crippen LogP contribution in [0.25, 0.3) is 0 Å². The number of halogens is 1. The minimum absolute atomic E-state index is 0.0720. The Morgan fingerprint density at radius 1 is 1.44 bits per heavy atom. The lowest BCUT2D eigenvalue weighted by Crippen LogP contribution is -2.26. The first-order chi connectivity index (χ1) is 7.61. The number of nitrogens with zero attached hydrogens (tertiary/aromatic N) is 1. The topological polar surface area (TPSA) is 57.6 Å².